The fourth-order valence-electron chi connectivity index (χ4n) is 17.2. The largest absolute Gasteiger partial charge is 0.394 e. The van der Waals surface area contributed by atoms with Gasteiger partial charge in [-0.2, -0.15) is 0 Å². The Kier molecular flexibility index (Phi) is 17.0. The van der Waals surface area contributed by atoms with Crippen molar-refractivity contribution >= 4 is 0 Å². The van der Waals surface area contributed by atoms with Crippen LogP contribution < -0.4 is 0 Å². The van der Waals surface area contributed by atoms with E-state index >= 15 is 0 Å². The third-order valence-corrected chi connectivity index (χ3v) is 21.7. The molecule has 32 atom stereocenters. The van der Waals surface area contributed by atoms with E-state index in [1.165, 1.54) is 13.8 Å². The predicted octanol–water partition coefficient (Wildman–Crippen LogP) is -1.97. The third kappa shape index (κ3) is 9.92. The minimum absolute atomic E-state index is 0.0218. The molecule has 4 saturated carbocycles. The topological polar surface area (TPSA) is 366 Å². The first-order valence-corrected chi connectivity index (χ1v) is 28.1. The van der Waals surface area contributed by atoms with E-state index in [9.17, 15) is 71.5 Å². The predicted molar refractivity (Wildman–Crippen MR) is 264 cm³/mol. The molecular weight excluding hydrogens is 1020 g/mol. The van der Waals surface area contributed by atoms with Gasteiger partial charge in [0.1, 0.15) is 91.6 Å². The summed E-state index contributed by atoms with van der Waals surface area (Å²) < 4.78 is 56.5. The summed E-state index contributed by atoms with van der Waals surface area (Å²) in [5, 5.41) is 153. The zero-order chi connectivity index (χ0) is 56.6. The number of rotatable bonds is 11. The number of ether oxygens (including phenoxy) is 9. The van der Waals surface area contributed by atoms with E-state index in [2.05, 4.69) is 34.6 Å². The van der Waals surface area contributed by atoms with E-state index < -0.39 is 177 Å². The van der Waals surface area contributed by atoms with Crippen molar-refractivity contribution in [3.63, 3.8) is 0 Å². The summed E-state index contributed by atoms with van der Waals surface area (Å²) in [5.41, 5.74) is -3.69. The number of aliphatic hydroxyl groups is 14. The van der Waals surface area contributed by atoms with Gasteiger partial charge in [0.2, 0.25) is 0 Å². The SMILES string of the molecule is C[C@@H]1O[C@@H](O[C@H]2[C@H](O[C@H]3CC[C@@]4(C)[C@H](CC[C@]5(C)[C@@H]4C[C@@H](O)[C@@H]4[C@@H]([C@]6(C)C[C@H](O[C@@H]7O[C@H](CO)[C@@H](O)[C@H](O)[C@H]7O)[C@@H](O)C(C)(C)O6)CC[C@]45C)C3(C)C)O[C@H](CO)[C@@H](O)[C@@H]2O[C@@H]2O[C@@H](C)[C@H](O)[C@@H](O)[C@H]2O)[C@H](O)[C@H](O)[C@H]1O. The van der Waals surface area contributed by atoms with E-state index in [1.807, 2.05) is 6.92 Å². The fraction of sp³-hybridized carbons (Fsp3) is 1.00. The molecule has 0 radical (unpaired) electrons. The number of fused-ring (bicyclic) bond motifs is 5. The molecular formula is C54H92O23. The van der Waals surface area contributed by atoms with Crippen molar-refractivity contribution in [2.75, 3.05) is 13.2 Å². The molecule has 0 bridgehead atoms. The number of aliphatic hydroxyl groups excluding tert-OH is 14. The maximum absolute atomic E-state index is 12.8. The Morgan fingerprint density at radius 1 is 0.481 bits per heavy atom. The second-order valence-corrected chi connectivity index (χ2v) is 26.8. The second-order valence-electron chi connectivity index (χ2n) is 26.8. The number of hydrogen-bond acceptors (Lipinski definition) is 23. The van der Waals surface area contributed by atoms with Gasteiger partial charge in [0, 0.05) is 6.42 Å². The van der Waals surface area contributed by atoms with Gasteiger partial charge < -0.3 is 114 Å². The highest BCUT2D eigenvalue weighted by atomic mass is 16.8. The second kappa shape index (κ2) is 21.6. The molecule has 9 rings (SSSR count). The molecule has 446 valence electrons. The van der Waals surface area contributed by atoms with Gasteiger partial charge in [-0.15, -0.1) is 0 Å². The van der Waals surface area contributed by atoms with E-state index in [1.54, 1.807) is 13.8 Å². The van der Waals surface area contributed by atoms with Crippen LogP contribution in [0, 0.1) is 45.3 Å². The molecule has 23 heteroatoms. The van der Waals surface area contributed by atoms with Crippen LogP contribution in [0.1, 0.15) is 121 Å². The van der Waals surface area contributed by atoms with Gasteiger partial charge in [0.15, 0.2) is 25.2 Å². The van der Waals surface area contributed by atoms with Crippen molar-refractivity contribution in [2.45, 2.75) is 279 Å². The summed E-state index contributed by atoms with van der Waals surface area (Å²) in [6, 6.07) is 0. The van der Waals surface area contributed by atoms with E-state index in [0.29, 0.717) is 25.7 Å². The quantitative estimate of drug-likeness (QED) is 0.0999. The van der Waals surface area contributed by atoms with Crippen molar-refractivity contribution in [2.24, 2.45) is 45.3 Å². The van der Waals surface area contributed by atoms with Gasteiger partial charge in [0.05, 0.1) is 54.9 Å². The molecule has 0 amide bonds. The zero-order valence-corrected chi connectivity index (χ0v) is 46.2. The lowest BCUT2D eigenvalue weighted by Crippen LogP contribution is -2.69. The molecule has 0 aromatic carbocycles. The van der Waals surface area contributed by atoms with Crippen LogP contribution in [0.4, 0.5) is 0 Å². The van der Waals surface area contributed by atoms with E-state index in [0.717, 1.165) is 19.3 Å². The first-order chi connectivity index (χ1) is 35.8. The monoisotopic (exact) mass is 1110 g/mol. The van der Waals surface area contributed by atoms with E-state index in [-0.39, 0.29) is 46.3 Å². The summed E-state index contributed by atoms with van der Waals surface area (Å²) >= 11 is 0. The Morgan fingerprint density at radius 2 is 0.987 bits per heavy atom. The Morgan fingerprint density at radius 3 is 1.56 bits per heavy atom. The molecule has 4 aliphatic carbocycles. The van der Waals surface area contributed by atoms with Crippen LogP contribution in [0.25, 0.3) is 0 Å². The Labute approximate surface area is 450 Å². The van der Waals surface area contributed by atoms with Crippen molar-refractivity contribution < 1.29 is 114 Å². The summed E-state index contributed by atoms with van der Waals surface area (Å²) in [6.45, 7) is 18.4. The molecule has 5 heterocycles. The van der Waals surface area contributed by atoms with Crippen LogP contribution in [0.3, 0.4) is 0 Å². The maximum atomic E-state index is 12.8. The van der Waals surface area contributed by atoms with Gasteiger partial charge in [-0.05, 0) is 125 Å². The first-order valence-electron chi connectivity index (χ1n) is 28.1. The van der Waals surface area contributed by atoms with Gasteiger partial charge in [0.25, 0.3) is 0 Å². The highest BCUT2D eigenvalue weighted by molar-refractivity contribution is 5.21. The van der Waals surface area contributed by atoms with Crippen molar-refractivity contribution in [1.82, 2.24) is 0 Å². The van der Waals surface area contributed by atoms with Crippen LogP contribution in [-0.4, -0.2) is 243 Å². The summed E-state index contributed by atoms with van der Waals surface area (Å²) in [6.07, 6.45) is -29.0. The van der Waals surface area contributed by atoms with Crippen LogP contribution >= 0.6 is 0 Å². The third-order valence-electron chi connectivity index (χ3n) is 21.7. The molecule has 0 aromatic rings. The normalized spacial score (nSPS) is 57.7. The minimum Gasteiger partial charge on any atom is -0.394 e. The van der Waals surface area contributed by atoms with Crippen LogP contribution in [0.5, 0.6) is 0 Å². The highest BCUT2D eigenvalue weighted by Gasteiger charge is 2.73. The van der Waals surface area contributed by atoms with Crippen molar-refractivity contribution in [3.05, 3.63) is 0 Å². The van der Waals surface area contributed by atoms with Gasteiger partial charge in [-0.1, -0.05) is 34.6 Å². The van der Waals surface area contributed by atoms with Gasteiger partial charge in [-0.25, -0.2) is 0 Å². The Bertz CT molecular complexity index is 2040. The molecule has 0 aromatic heterocycles. The van der Waals surface area contributed by atoms with Crippen LogP contribution in [-0.2, 0) is 42.6 Å². The molecule has 77 heavy (non-hydrogen) atoms. The molecule has 9 aliphatic rings. The molecule has 9 fully saturated rings. The summed E-state index contributed by atoms with van der Waals surface area (Å²) in [7, 11) is 0. The van der Waals surface area contributed by atoms with Gasteiger partial charge in [-0.3, -0.25) is 0 Å². The molecule has 14 N–H and O–H groups in total. The van der Waals surface area contributed by atoms with Crippen molar-refractivity contribution in [3.8, 4) is 0 Å². The smallest absolute Gasteiger partial charge is 0.187 e. The van der Waals surface area contributed by atoms with Gasteiger partial charge >= 0.3 is 0 Å². The standard InChI is InChI=1S/C54H92O23/c1-21-32(58)36(62)39(65)45(69-21)75-42-35(61)27(20-56)73-48(43(42)76-46-40(66)37(63)33(59)22(2)70-46)74-30-13-14-51(7)28(49(30,3)4)12-16-52(8)29(51)17-24(57)31-23(11-15-53(31,52)9)54(10)18-25(44(68)50(5,6)77-54)71-47-41(67)38(64)34(60)26(19-55)72-47/h21-48,55-68H,11-20H2,1-10H3/t21-,22-,23-,24+,25-,26+,27+,28+,29+,30-,31-,32-,33-,34+,35+,36+,37+,38-,39+,40+,41+,42-,43+,44+,45-,46-,47+,48-,51-,52+,53+,54-/m0/s1. The molecule has 5 aliphatic heterocycles. The molecule has 23 nitrogen and oxygen atoms in total. The molecule has 0 spiro atoms. The molecule has 5 saturated heterocycles. The lowest BCUT2D eigenvalue weighted by atomic mass is 9.35. The zero-order valence-electron chi connectivity index (χ0n) is 46.2. The maximum Gasteiger partial charge on any atom is 0.187 e. The summed E-state index contributed by atoms with van der Waals surface area (Å²) in [4.78, 5) is 0. The average molecular weight is 1110 g/mol. The Hall–Kier alpha value is -0.920. The fourth-order valence-corrected chi connectivity index (χ4v) is 17.2. The van der Waals surface area contributed by atoms with Crippen LogP contribution in [0.15, 0.2) is 0 Å². The minimum atomic E-state index is -1.81. The van der Waals surface area contributed by atoms with Crippen LogP contribution in [0.2, 0.25) is 0 Å². The summed E-state index contributed by atoms with van der Waals surface area (Å²) in [5.74, 6) is -0.344. The first kappa shape index (κ1) is 60.7. The highest BCUT2D eigenvalue weighted by Crippen LogP contribution is 2.76. The lowest BCUT2D eigenvalue weighted by molar-refractivity contribution is -0.397. The lowest BCUT2D eigenvalue weighted by Gasteiger charge is -2.71. The number of hydrogen-bond donors (Lipinski definition) is 14. The average Bonchev–Trinajstić information content (AvgIpc) is 4.02. The van der Waals surface area contributed by atoms with Crippen molar-refractivity contribution in [1.29, 1.82) is 0 Å². The van der Waals surface area contributed by atoms with E-state index in [4.69, 9.17) is 42.6 Å². The molecule has 0 unspecified atom stereocenters. The Balaban J connectivity index is 0.962.